The zero-order valence-electron chi connectivity index (χ0n) is 6.69. The number of aryl methyl sites for hydroxylation is 1. The summed E-state index contributed by atoms with van der Waals surface area (Å²) in [5, 5.41) is 0. The second kappa shape index (κ2) is 4.00. The summed E-state index contributed by atoms with van der Waals surface area (Å²) >= 11 is 0. The van der Waals surface area contributed by atoms with Crippen LogP contribution in [-0.2, 0) is 6.42 Å². The van der Waals surface area contributed by atoms with E-state index in [9.17, 15) is 8.78 Å². The fourth-order valence-corrected chi connectivity index (χ4v) is 0.992. The van der Waals surface area contributed by atoms with Gasteiger partial charge in [-0.1, -0.05) is 6.08 Å². The highest BCUT2D eigenvalue weighted by atomic mass is 19.1. The van der Waals surface area contributed by atoms with Crippen LogP contribution in [0.15, 0.2) is 30.9 Å². The predicted octanol–water partition coefficient (Wildman–Crippen LogP) is 3.08. The highest BCUT2D eigenvalue weighted by Gasteiger charge is 2.01. The van der Waals surface area contributed by atoms with Crippen LogP contribution in [0.1, 0.15) is 12.0 Å². The minimum Gasteiger partial charge on any atom is -0.207 e. The van der Waals surface area contributed by atoms with E-state index in [1.807, 2.05) is 0 Å². The number of hydrogen-bond acceptors (Lipinski definition) is 0. The zero-order chi connectivity index (χ0) is 8.97. The molecular weight excluding hydrogens is 158 g/mol. The molecule has 0 nitrogen and oxygen atoms in total. The lowest BCUT2D eigenvalue weighted by Crippen LogP contribution is -1.90. The van der Waals surface area contributed by atoms with Gasteiger partial charge in [-0.2, -0.15) is 0 Å². The Bertz CT molecular complexity index is 279. The molecule has 1 rings (SSSR count). The van der Waals surface area contributed by atoms with Gasteiger partial charge in [0.1, 0.15) is 11.6 Å². The third-order valence-electron chi connectivity index (χ3n) is 1.63. The highest BCUT2D eigenvalue weighted by molar-refractivity contribution is 5.19. The number of hydrogen-bond donors (Lipinski definition) is 0. The van der Waals surface area contributed by atoms with Gasteiger partial charge in [0.25, 0.3) is 0 Å². The lowest BCUT2D eigenvalue weighted by molar-refractivity contribution is 0.585. The lowest BCUT2D eigenvalue weighted by atomic mass is 10.1. The molecule has 0 spiro atoms. The largest absolute Gasteiger partial charge is 0.207 e. The number of benzene rings is 1. The number of rotatable bonds is 3. The van der Waals surface area contributed by atoms with Crippen molar-refractivity contribution in [2.24, 2.45) is 0 Å². The maximum atomic E-state index is 12.9. The third kappa shape index (κ3) is 2.16. The van der Waals surface area contributed by atoms with Gasteiger partial charge in [0.2, 0.25) is 0 Å². The summed E-state index contributed by atoms with van der Waals surface area (Å²) in [5.41, 5.74) is 0.412. The molecule has 0 unspecified atom stereocenters. The summed E-state index contributed by atoms with van der Waals surface area (Å²) < 4.78 is 25.5. The van der Waals surface area contributed by atoms with Crippen molar-refractivity contribution in [3.8, 4) is 0 Å². The molecule has 2 heteroatoms. The average Bonchev–Trinajstić information content (AvgIpc) is 2.07. The minimum atomic E-state index is -0.393. The molecule has 0 saturated carbocycles. The second-order valence-electron chi connectivity index (χ2n) is 2.56. The van der Waals surface area contributed by atoms with Crippen LogP contribution in [0.2, 0.25) is 0 Å². The summed E-state index contributed by atoms with van der Waals surface area (Å²) in [6, 6.07) is 3.49. The van der Waals surface area contributed by atoms with Crippen molar-refractivity contribution in [1.82, 2.24) is 0 Å². The Morgan fingerprint density at radius 3 is 2.75 bits per heavy atom. The summed E-state index contributed by atoms with van der Waals surface area (Å²) in [5.74, 6) is -0.742. The minimum absolute atomic E-state index is 0.349. The van der Waals surface area contributed by atoms with Crippen molar-refractivity contribution in [3.63, 3.8) is 0 Å². The SMILES string of the molecule is C=CCCc1cc(F)ccc1F. The maximum Gasteiger partial charge on any atom is 0.126 e. The molecule has 0 amide bonds. The van der Waals surface area contributed by atoms with E-state index in [2.05, 4.69) is 6.58 Å². The van der Waals surface area contributed by atoms with Crippen LogP contribution in [0.25, 0.3) is 0 Å². The molecule has 0 radical (unpaired) electrons. The van der Waals surface area contributed by atoms with E-state index >= 15 is 0 Å². The predicted molar refractivity (Wildman–Crippen MR) is 44.9 cm³/mol. The average molecular weight is 168 g/mol. The number of halogens is 2. The van der Waals surface area contributed by atoms with Crippen LogP contribution < -0.4 is 0 Å². The number of allylic oxidation sites excluding steroid dienone is 1. The van der Waals surface area contributed by atoms with Gasteiger partial charge in [-0.3, -0.25) is 0 Å². The van der Waals surface area contributed by atoms with E-state index in [0.29, 0.717) is 18.4 Å². The summed E-state index contributed by atoms with van der Waals surface area (Å²) in [6.07, 6.45) is 2.86. The van der Waals surface area contributed by atoms with E-state index in [-0.39, 0.29) is 5.82 Å². The van der Waals surface area contributed by atoms with Crippen molar-refractivity contribution in [2.45, 2.75) is 12.8 Å². The van der Waals surface area contributed by atoms with E-state index in [1.54, 1.807) is 6.08 Å². The zero-order valence-corrected chi connectivity index (χ0v) is 6.69. The standard InChI is InChI=1S/C10H10F2/c1-2-3-4-8-7-9(11)5-6-10(8)12/h2,5-7H,1,3-4H2. The van der Waals surface area contributed by atoms with Crippen molar-refractivity contribution in [2.75, 3.05) is 0 Å². The Morgan fingerprint density at radius 1 is 1.33 bits per heavy atom. The first kappa shape index (κ1) is 8.91. The van der Waals surface area contributed by atoms with Crippen LogP contribution in [0, 0.1) is 11.6 Å². The normalized spacial score (nSPS) is 9.83. The van der Waals surface area contributed by atoms with Gasteiger partial charge in [-0.15, -0.1) is 6.58 Å². The Labute approximate surface area is 70.5 Å². The van der Waals surface area contributed by atoms with Crippen LogP contribution >= 0.6 is 0 Å². The highest BCUT2D eigenvalue weighted by Crippen LogP contribution is 2.11. The lowest BCUT2D eigenvalue weighted by Gasteiger charge is -1.99. The third-order valence-corrected chi connectivity index (χ3v) is 1.63. The first-order valence-corrected chi connectivity index (χ1v) is 3.79. The molecule has 12 heavy (non-hydrogen) atoms. The quantitative estimate of drug-likeness (QED) is 0.608. The Kier molecular flexibility index (Phi) is 2.97. The summed E-state index contributed by atoms with van der Waals surface area (Å²) in [4.78, 5) is 0. The molecule has 0 aliphatic heterocycles. The fourth-order valence-electron chi connectivity index (χ4n) is 0.992. The van der Waals surface area contributed by atoms with Gasteiger partial charge in [-0.05, 0) is 36.6 Å². The molecule has 0 aliphatic rings. The molecule has 0 N–H and O–H groups in total. The molecule has 0 atom stereocenters. The molecule has 0 aliphatic carbocycles. The van der Waals surface area contributed by atoms with Crippen molar-refractivity contribution in [1.29, 1.82) is 0 Å². The van der Waals surface area contributed by atoms with E-state index < -0.39 is 5.82 Å². The van der Waals surface area contributed by atoms with Gasteiger partial charge in [0.05, 0.1) is 0 Å². The Hall–Kier alpha value is -1.18. The van der Waals surface area contributed by atoms with Crippen LogP contribution in [0.3, 0.4) is 0 Å². The fraction of sp³-hybridized carbons (Fsp3) is 0.200. The summed E-state index contributed by atoms with van der Waals surface area (Å²) in [7, 11) is 0. The molecular formula is C10H10F2. The molecule has 64 valence electrons. The molecule has 0 fully saturated rings. The van der Waals surface area contributed by atoms with Crippen molar-refractivity contribution in [3.05, 3.63) is 48.1 Å². The van der Waals surface area contributed by atoms with Crippen LogP contribution in [0.5, 0.6) is 0 Å². The molecule has 0 aromatic heterocycles. The Morgan fingerprint density at radius 2 is 2.08 bits per heavy atom. The van der Waals surface area contributed by atoms with Gasteiger partial charge >= 0.3 is 0 Å². The first-order chi connectivity index (χ1) is 5.74. The molecule has 1 aromatic rings. The molecule has 0 saturated heterocycles. The molecule has 1 aromatic carbocycles. The van der Waals surface area contributed by atoms with E-state index in [0.717, 1.165) is 12.1 Å². The monoisotopic (exact) mass is 168 g/mol. The van der Waals surface area contributed by atoms with E-state index in [1.165, 1.54) is 6.07 Å². The van der Waals surface area contributed by atoms with Gasteiger partial charge in [0.15, 0.2) is 0 Å². The van der Waals surface area contributed by atoms with Gasteiger partial charge in [0, 0.05) is 0 Å². The van der Waals surface area contributed by atoms with Crippen LogP contribution in [0.4, 0.5) is 8.78 Å². The van der Waals surface area contributed by atoms with Crippen molar-refractivity contribution < 1.29 is 8.78 Å². The van der Waals surface area contributed by atoms with Gasteiger partial charge in [-0.25, -0.2) is 8.78 Å². The smallest absolute Gasteiger partial charge is 0.126 e. The first-order valence-electron chi connectivity index (χ1n) is 3.79. The maximum absolute atomic E-state index is 12.9. The van der Waals surface area contributed by atoms with E-state index in [4.69, 9.17) is 0 Å². The Balaban J connectivity index is 2.82. The topological polar surface area (TPSA) is 0 Å². The molecule has 0 bridgehead atoms. The molecule has 0 heterocycles. The van der Waals surface area contributed by atoms with Gasteiger partial charge < -0.3 is 0 Å². The van der Waals surface area contributed by atoms with Crippen LogP contribution in [-0.4, -0.2) is 0 Å². The summed E-state index contributed by atoms with van der Waals surface area (Å²) in [6.45, 7) is 3.51. The second-order valence-corrected chi connectivity index (χ2v) is 2.56. The van der Waals surface area contributed by atoms with Crippen molar-refractivity contribution >= 4 is 0 Å².